The van der Waals surface area contributed by atoms with Gasteiger partial charge in [0.15, 0.2) is 17.1 Å². The number of carboxylic acids is 1. The summed E-state index contributed by atoms with van der Waals surface area (Å²) in [7, 11) is 2.72. The molecule has 0 aliphatic carbocycles. The first-order valence-electron chi connectivity index (χ1n) is 46.1. The standard InChI is InChI=1S/C36H43N5O6.C19H28O4.C17H15N5O5.C17H17N5O3.C10H10N2O4.C7H8N2O/c1-5-25(26-10-7-6-8-11-26)16-17-28(15-14-23(2)36(46)47-4)34(44)38-30-12-9-13-31(22-30)39-35(45)32(24(3)42)41-40-29-20-18-27(19-21-29)33(37)43;1-4-15(16-8-6-5-7-9-16)12-13-17(18(20)21)11-10-14(2)19(22)23-3;1-10(23)15(21-20-13-6-2-4-11(8-13)16(18)24)17(25)19-12-5-3-7-14(9-12)22(26)27;1-10(23)15(17(25)20-13-6-3-5-12(18)9-13)22-21-14-7-2-4-11(8-14)16(19)24;1-7(13)5-10(14)11-8-3-2-4-9(6-8)12(15)16;8-6-3-1-2-5(4-6)7(9)10/h6-13,18-23,25,28,42H,5,14-17H2,1-4H3,(H2,37,43)(H,38,44)(H,39,45);5-9,14-15,17H,4,10-13H2,1-3H3,(H,20,21);2-9,23H,1H3,(H2,18,24)(H,19,25);2-9,23H,18H2,1H3,(H2,19,24)(H,20,25);2-4,6H,5H2,1H3,(H,11,14);1-4H,8H2,(H2,9,10). The van der Waals surface area contributed by atoms with E-state index in [0.717, 1.165) is 31.7 Å². The normalized spacial score (nSPS) is 12.4. The van der Waals surface area contributed by atoms with Crippen LogP contribution in [0, 0.1) is 43.9 Å². The fourth-order valence-electron chi connectivity index (χ4n) is 13.7. The van der Waals surface area contributed by atoms with Gasteiger partial charge in [-0.2, -0.15) is 15.3 Å². The Labute approximate surface area is 853 Å². The number of carbonyl (C=O) groups is 13. The van der Waals surface area contributed by atoms with Crippen LogP contribution < -0.4 is 61.0 Å². The van der Waals surface area contributed by atoms with Gasteiger partial charge < -0.3 is 90.9 Å². The zero-order chi connectivity index (χ0) is 110. The van der Waals surface area contributed by atoms with Crippen LogP contribution >= 0.6 is 0 Å². The number of nitro groups is 2. The van der Waals surface area contributed by atoms with Crippen LogP contribution in [0.1, 0.15) is 190 Å². The van der Waals surface area contributed by atoms with Crippen LogP contribution in [0.15, 0.2) is 320 Å². The smallest absolute Gasteiger partial charge is 0.308 e. The Kier molecular flexibility index (Phi) is 50.7. The molecule has 6 atom stereocenters. The summed E-state index contributed by atoms with van der Waals surface area (Å²) in [5.74, 6) is -8.50. The molecule has 42 nitrogen and oxygen atoms in total. The highest BCUT2D eigenvalue weighted by Gasteiger charge is 2.28. The van der Waals surface area contributed by atoms with Crippen molar-refractivity contribution in [1.29, 1.82) is 0 Å². The molecule has 21 N–H and O–H groups in total. The molecule has 0 fully saturated rings. The Morgan fingerprint density at radius 2 is 0.689 bits per heavy atom. The molecule has 0 aromatic heterocycles. The van der Waals surface area contributed by atoms with Crippen LogP contribution in [0.25, 0.3) is 0 Å². The first-order valence-corrected chi connectivity index (χ1v) is 46.1. The lowest BCUT2D eigenvalue weighted by Crippen LogP contribution is -2.25. The number of aliphatic carboxylic acids is 1. The summed E-state index contributed by atoms with van der Waals surface area (Å²) in [4.78, 5) is 172. The van der Waals surface area contributed by atoms with Crippen LogP contribution in [0.5, 0.6) is 0 Å². The van der Waals surface area contributed by atoms with E-state index in [0.29, 0.717) is 107 Å². The lowest BCUT2D eigenvalue weighted by molar-refractivity contribution is -0.385. The number of primary amides is 4. The summed E-state index contributed by atoms with van der Waals surface area (Å²) < 4.78 is 9.57. The Balaban J connectivity index is 0.000000331. The van der Waals surface area contributed by atoms with Crippen molar-refractivity contribution in [3.8, 4) is 0 Å². The van der Waals surface area contributed by atoms with Gasteiger partial charge in [-0.15, -0.1) is 15.3 Å². The molecule has 10 aromatic carbocycles. The van der Waals surface area contributed by atoms with Gasteiger partial charge in [-0.1, -0.05) is 131 Å². The monoisotopic (exact) mass is 2030 g/mol. The number of rotatable bonds is 42. The molecule has 0 spiro atoms. The third kappa shape index (κ3) is 43.4. The van der Waals surface area contributed by atoms with E-state index in [1.165, 1.54) is 156 Å². The summed E-state index contributed by atoms with van der Waals surface area (Å²) >= 11 is 0. The molecule has 148 heavy (non-hydrogen) atoms. The third-order valence-corrected chi connectivity index (χ3v) is 21.7. The van der Waals surface area contributed by atoms with Gasteiger partial charge in [0.05, 0.1) is 65.3 Å². The number of nitrogen functional groups attached to an aromatic ring is 2. The van der Waals surface area contributed by atoms with Crippen molar-refractivity contribution in [2.24, 2.45) is 77.3 Å². The van der Waals surface area contributed by atoms with Gasteiger partial charge in [0, 0.05) is 92.2 Å². The van der Waals surface area contributed by atoms with Gasteiger partial charge in [0.2, 0.25) is 35.4 Å². The number of nitrogens with one attached hydrogen (secondary N) is 5. The van der Waals surface area contributed by atoms with Gasteiger partial charge in [0.25, 0.3) is 29.1 Å². The number of carboxylic acid groups (broad SMARTS) is 1. The summed E-state index contributed by atoms with van der Waals surface area (Å²) in [5.41, 5.74) is 37.7. The minimum absolute atomic E-state index is 0.111. The van der Waals surface area contributed by atoms with E-state index in [9.17, 15) is 103 Å². The maximum atomic E-state index is 13.6. The number of nitrogens with zero attached hydrogens (tertiary/aromatic N) is 8. The first kappa shape index (κ1) is 120. The number of amides is 9. The zero-order valence-electron chi connectivity index (χ0n) is 83.1. The van der Waals surface area contributed by atoms with Crippen LogP contribution in [0.4, 0.5) is 68.2 Å². The van der Waals surface area contributed by atoms with Crippen molar-refractivity contribution in [3.05, 3.63) is 343 Å². The van der Waals surface area contributed by atoms with Gasteiger partial charge in [0.1, 0.15) is 23.1 Å². The highest BCUT2D eigenvalue weighted by atomic mass is 16.6. The van der Waals surface area contributed by atoms with Gasteiger partial charge in [-0.25, -0.2) is 0 Å². The lowest BCUT2D eigenvalue weighted by atomic mass is 9.85. The number of ether oxygens (including phenoxy) is 2. The number of esters is 2. The molecular formula is C106H121N19O23. The largest absolute Gasteiger partial charge is 0.510 e. The van der Waals surface area contributed by atoms with Crippen LogP contribution in [0.2, 0.25) is 0 Å². The van der Waals surface area contributed by atoms with Crippen molar-refractivity contribution in [2.75, 3.05) is 52.3 Å². The fourth-order valence-corrected chi connectivity index (χ4v) is 13.7. The van der Waals surface area contributed by atoms with E-state index < -0.39 is 80.4 Å². The minimum atomic E-state index is -0.815. The third-order valence-electron chi connectivity index (χ3n) is 21.7. The zero-order valence-corrected chi connectivity index (χ0v) is 83.1. The highest BCUT2D eigenvalue weighted by Crippen LogP contribution is 2.34. The van der Waals surface area contributed by atoms with Crippen molar-refractivity contribution in [3.63, 3.8) is 0 Å². The number of aliphatic hydroxyl groups is 3. The van der Waals surface area contributed by atoms with Crippen molar-refractivity contribution < 1.29 is 102 Å². The van der Waals surface area contributed by atoms with E-state index >= 15 is 0 Å². The molecule has 9 amide bonds. The Hall–Kier alpha value is -18.7. The molecule has 42 heteroatoms. The summed E-state index contributed by atoms with van der Waals surface area (Å²) in [5, 5.41) is 96.2. The molecule has 10 rings (SSSR count). The Morgan fingerprint density at radius 1 is 0.358 bits per heavy atom. The van der Waals surface area contributed by atoms with Gasteiger partial charge in [-0.05, 0) is 242 Å². The number of allylic oxidation sites excluding steroid dienone is 3. The number of anilines is 7. The van der Waals surface area contributed by atoms with Crippen molar-refractivity contribution in [1.82, 2.24) is 0 Å². The number of ketones is 1. The summed E-state index contributed by atoms with van der Waals surface area (Å²) in [6, 6.07) is 69.0. The average Bonchev–Trinajstić information content (AvgIpc) is 0.852. The number of azo groups is 3. The molecule has 0 saturated carbocycles. The first-order chi connectivity index (χ1) is 70.3. The quantitative estimate of drug-likeness (QED) is 0.00247. The minimum Gasteiger partial charge on any atom is -0.510 e. The number of carbonyl (C=O) groups excluding carboxylic acids is 12. The predicted molar refractivity (Wildman–Crippen MR) is 559 cm³/mol. The number of aliphatic hydroxyl groups excluding tert-OH is 3. The molecule has 0 aliphatic heterocycles. The van der Waals surface area contributed by atoms with E-state index in [-0.39, 0.29) is 105 Å². The van der Waals surface area contributed by atoms with Crippen LogP contribution in [0.3, 0.4) is 0 Å². The van der Waals surface area contributed by atoms with Crippen LogP contribution in [-0.2, 0) is 52.6 Å². The number of benzene rings is 10. The molecule has 778 valence electrons. The molecule has 0 heterocycles. The number of nitro benzene ring substituents is 2. The number of Topliss-reactive ketones (excluding diaryl/α,β-unsaturated/α-hetero) is 1. The number of methoxy groups -OCH3 is 2. The number of hydrogen-bond acceptors (Lipinski definition) is 30. The molecule has 0 saturated heterocycles. The molecule has 0 aliphatic rings. The molecule has 0 bridgehead atoms. The number of non-ortho nitro benzene ring substituents is 2. The number of hydrogen-bond donors (Lipinski definition) is 15. The maximum absolute atomic E-state index is 13.6. The molecule has 10 aromatic rings. The number of nitrogens with two attached hydrogens (primary N) is 6. The van der Waals surface area contributed by atoms with E-state index in [1.807, 2.05) is 36.4 Å². The second-order valence-electron chi connectivity index (χ2n) is 33.2. The summed E-state index contributed by atoms with van der Waals surface area (Å²) in [6.07, 6.45) is 6.68. The molecule has 0 radical (unpaired) electrons. The Morgan fingerprint density at radius 3 is 1.05 bits per heavy atom. The van der Waals surface area contributed by atoms with E-state index in [1.54, 1.807) is 98.8 Å². The van der Waals surface area contributed by atoms with Gasteiger partial charge in [-0.3, -0.25) is 82.6 Å². The fraction of sp³-hybridized carbons (Fsp3) is 0.255. The second kappa shape index (κ2) is 62.6. The molecular weight excluding hydrogens is 1910 g/mol. The second-order valence-corrected chi connectivity index (χ2v) is 33.2. The van der Waals surface area contributed by atoms with E-state index in [4.69, 9.17) is 43.9 Å². The van der Waals surface area contributed by atoms with Gasteiger partial charge >= 0.3 is 17.9 Å². The molecule has 6 unspecified atom stereocenters. The van der Waals surface area contributed by atoms with Crippen molar-refractivity contribution in [2.45, 2.75) is 138 Å². The maximum Gasteiger partial charge on any atom is 0.308 e. The topological polar surface area (TPSA) is 698 Å². The summed E-state index contributed by atoms with van der Waals surface area (Å²) in [6.45, 7) is 13.0. The Bertz CT molecular complexity index is 6480. The average molecular weight is 2030 g/mol. The SMILES string of the molecule is CC(=O)CC(=O)Nc1cccc([N+](=O)[O-])c1.CC(O)=C(N=Nc1cccc(C(N)=O)c1)C(=O)Nc1cccc(N)c1.CC(O)=C(N=Nc1cccc(C(N)=O)c1)C(=O)Nc1cccc([N+](=O)[O-])c1.CCC(CCC(CCC(C)C(=O)OC)C(=O)Nc1cccc(NC(=O)C(N=Nc2ccc(C(N)=O)cc2)=C(C)O)c1)c1ccccc1.CCC(CCC(CCC(C)C(=O)OC)C(=O)O)c1ccccc1.NC(=O)c1cccc(N)c1. The highest BCUT2D eigenvalue weighted by molar-refractivity contribution is 6.07. The van der Waals surface area contributed by atoms with Crippen molar-refractivity contribution >= 4 is 145 Å². The van der Waals surface area contributed by atoms with Crippen LogP contribution in [-0.4, -0.2) is 121 Å². The van der Waals surface area contributed by atoms with E-state index in [2.05, 4.69) is 95.4 Å². The lowest BCUT2D eigenvalue weighted by Gasteiger charge is -2.22. The predicted octanol–water partition coefficient (Wildman–Crippen LogP) is 19.6.